The molecule has 0 spiro atoms. The van der Waals surface area contributed by atoms with E-state index < -0.39 is 0 Å². The van der Waals surface area contributed by atoms with E-state index >= 15 is 0 Å². The Labute approximate surface area is 153 Å². The summed E-state index contributed by atoms with van der Waals surface area (Å²) in [5, 5.41) is 0. The molecule has 0 bridgehead atoms. The highest BCUT2D eigenvalue weighted by molar-refractivity contribution is 6.14. The van der Waals surface area contributed by atoms with E-state index in [0.717, 1.165) is 28.0 Å². The molecule has 1 aliphatic heterocycles. The molecular formula is C23H23F2N. The average molecular weight is 351 g/mol. The van der Waals surface area contributed by atoms with Gasteiger partial charge in [-0.2, -0.15) is 0 Å². The fraction of sp³-hybridized carbons (Fsp3) is 0.261. The second-order valence-electron chi connectivity index (χ2n) is 7.40. The first-order valence-electron chi connectivity index (χ1n) is 8.72. The molecule has 0 atom stereocenters. The number of halogens is 2. The number of hydrogen-bond acceptors (Lipinski definition) is 1. The van der Waals surface area contributed by atoms with E-state index in [1.54, 1.807) is 24.3 Å². The van der Waals surface area contributed by atoms with Crippen LogP contribution in [0.3, 0.4) is 0 Å². The number of benzene rings is 2. The van der Waals surface area contributed by atoms with Crippen LogP contribution in [-0.2, 0) is 0 Å². The zero-order valence-corrected chi connectivity index (χ0v) is 15.8. The summed E-state index contributed by atoms with van der Waals surface area (Å²) < 4.78 is 27.0. The van der Waals surface area contributed by atoms with Crippen LogP contribution in [0, 0.1) is 11.6 Å². The van der Waals surface area contributed by atoms with E-state index in [9.17, 15) is 8.78 Å². The van der Waals surface area contributed by atoms with Gasteiger partial charge in [-0.25, -0.2) is 8.78 Å². The van der Waals surface area contributed by atoms with Gasteiger partial charge in [-0.3, -0.25) is 4.99 Å². The molecule has 0 aliphatic carbocycles. The Morgan fingerprint density at radius 2 is 1.23 bits per heavy atom. The first-order valence-corrected chi connectivity index (χ1v) is 8.72. The van der Waals surface area contributed by atoms with Crippen molar-refractivity contribution in [3.63, 3.8) is 0 Å². The van der Waals surface area contributed by atoms with Crippen LogP contribution in [0.1, 0.15) is 45.7 Å². The lowest BCUT2D eigenvalue weighted by Crippen LogP contribution is -2.18. The van der Waals surface area contributed by atoms with Gasteiger partial charge < -0.3 is 0 Å². The third-order valence-corrected chi connectivity index (χ3v) is 4.69. The Hall–Kier alpha value is -2.55. The van der Waals surface area contributed by atoms with Crippen molar-refractivity contribution in [2.75, 3.05) is 0 Å². The molecule has 1 aliphatic rings. The minimum absolute atomic E-state index is 0.281. The molecule has 1 nitrogen and oxygen atoms in total. The van der Waals surface area contributed by atoms with Crippen molar-refractivity contribution in [1.29, 1.82) is 0 Å². The first-order chi connectivity index (χ1) is 12.2. The summed E-state index contributed by atoms with van der Waals surface area (Å²) in [5.41, 5.74) is 6.74. The molecule has 0 saturated heterocycles. The molecule has 0 aromatic heterocycles. The highest BCUT2D eigenvalue weighted by Crippen LogP contribution is 2.43. The highest BCUT2D eigenvalue weighted by Gasteiger charge is 2.36. The van der Waals surface area contributed by atoms with E-state index in [1.807, 2.05) is 6.92 Å². The lowest BCUT2D eigenvalue weighted by molar-refractivity contribution is 0.627. The summed E-state index contributed by atoms with van der Waals surface area (Å²) in [6.07, 6.45) is 0. The zero-order valence-electron chi connectivity index (χ0n) is 15.8. The van der Waals surface area contributed by atoms with Crippen LogP contribution in [0.25, 0.3) is 5.57 Å². The highest BCUT2D eigenvalue weighted by atomic mass is 19.1. The fourth-order valence-electron chi connectivity index (χ4n) is 3.87. The number of nitrogens with zero attached hydrogens (tertiary/aromatic N) is 1. The monoisotopic (exact) mass is 351 g/mol. The SMILES string of the molecule is CC1=NC(C)(C)C(=C(C)C)C1=C(c1ccc(F)cc1)c1ccc(F)cc1. The number of aliphatic imine (C=N–C) groups is 1. The minimum Gasteiger partial charge on any atom is -0.279 e. The van der Waals surface area contributed by atoms with Crippen LogP contribution in [0.5, 0.6) is 0 Å². The van der Waals surface area contributed by atoms with E-state index in [2.05, 4.69) is 27.7 Å². The molecule has 0 saturated carbocycles. The molecule has 3 heteroatoms. The van der Waals surface area contributed by atoms with E-state index in [0.29, 0.717) is 0 Å². The van der Waals surface area contributed by atoms with Gasteiger partial charge >= 0.3 is 0 Å². The maximum Gasteiger partial charge on any atom is 0.123 e. The Kier molecular flexibility index (Phi) is 4.66. The van der Waals surface area contributed by atoms with Crippen LogP contribution in [0.4, 0.5) is 8.78 Å². The molecule has 3 rings (SSSR count). The maximum absolute atomic E-state index is 13.5. The number of hydrogen-bond donors (Lipinski definition) is 0. The summed E-state index contributed by atoms with van der Waals surface area (Å²) in [7, 11) is 0. The van der Waals surface area contributed by atoms with Crippen LogP contribution in [-0.4, -0.2) is 11.3 Å². The Balaban J connectivity index is 2.38. The van der Waals surface area contributed by atoms with Crippen LogP contribution in [0.15, 0.2) is 70.2 Å². The van der Waals surface area contributed by atoms with Gasteiger partial charge in [-0.1, -0.05) is 29.8 Å². The molecule has 0 fully saturated rings. The largest absolute Gasteiger partial charge is 0.279 e. The van der Waals surface area contributed by atoms with E-state index in [-0.39, 0.29) is 17.2 Å². The van der Waals surface area contributed by atoms with Crippen molar-refractivity contribution in [2.45, 2.75) is 40.2 Å². The summed E-state index contributed by atoms with van der Waals surface area (Å²) in [5.74, 6) is -0.562. The topological polar surface area (TPSA) is 12.4 Å². The summed E-state index contributed by atoms with van der Waals surface area (Å²) in [6, 6.07) is 12.9. The maximum atomic E-state index is 13.5. The van der Waals surface area contributed by atoms with Crippen molar-refractivity contribution in [1.82, 2.24) is 0 Å². The Morgan fingerprint density at radius 3 is 1.62 bits per heavy atom. The average Bonchev–Trinajstić information content (AvgIpc) is 2.80. The summed E-state index contributed by atoms with van der Waals surface area (Å²) in [4.78, 5) is 4.86. The Bertz CT molecular complexity index is 876. The van der Waals surface area contributed by atoms with Crippen molar-refractivity contribution < 1.29 is 8.78 Å². The number of rotatable bonds is 2. The second-order valence-corrected chi connectivity index (χ2v) is 7.40. The molecule has 0 radical (unpaired) electrons. The lowest BCUT2D eigenvalue weighted by atomic mass is 9.81. The molecule has 2 aromatic carbocycles. The molecule has 134 valence electrons. The normalized spacial score (nSPS) is 15.9. The van der Waals surface area contributed by atoms with Crippen LogP contribution < -0.4 is 0 Å². The molecular weight excluding hydrogens is 328 g/mol. The van der Waals surface area contributed by atoms with Gasteiger partial charge in [0.1, 0.15) is 11.6 Å². The van der Waals surface area contributed by atoms with Gasteiger partial charge in [0, 0.05) is 11.3 Å². The van der Waals surface area contributed by atoms with Crippen molar-refractivity contribution in [3.8, 4) is 0 Å². The van der Waals surface area contributed by atoms with Gasteiger partial charge in [-0.15, -0.1) is 0 Å². The summed E-state index contributed by atoms with van der Waals surface area (Å²) in [6.45, 7) is 10.4. The third kappa shape index (κ3) is 3.26. The van der Waals surface area contributed by atoms with Crippen LogP contribution in [0.2, 0.25) is 0 Å². The minimum atomic E-state index is -0.330. The zero-order chi connectivity index (χ0) is 19.1. The smallest absolute Gasteiger partial charge is 0.123 e. The Morgan fingerprint density at radius 1 is 0.808 bits per heavy atom. The molecule has 26 heavy (non-hydrogen) atoms. The van der Waals surface area contributed by atoms with Gasteiger partial charge in [0.25, 0.3) is 0 Å². The molecule has 1 heterocycles. The van der Waals surface area contributed by atoms with Crippen molar-refractivity contribution >= 4 is 11.3 Å². The summed E-state index contributed by atoms with van der Waals surface area (Å²) >= 11 is 0. The first kappa shape index (κ1) is 18.2. The van der Waals surface area contributed by atoms with E-state index in [1.165, 1.54) is 35.4 Å². The standard InChI is InChI=1S/C23H23F2N/c1-14(2)22-20(15(3)26-23(22,4)5)21(16-6-10-18(24)11-7-16)17-8-12-19(25)13-9-17/h6-13H,1-5H3. The van der Waals surface area contributed by atoms with Gasteiger partial charge in [0.2, 0.25) is 0 Å². The molecule has 0 amide bonds. The fourth-order valence-corrected chi connectivity index (χ4v) is 3.87. The molecule has 0 N–H and O–H groups in total. The number of allylic oxidation sites excluding steroid dienone is 1. The van der Waals surface area contributed by atoms with Crippen LogP contribution >= 0.6 is 0 Å². The molecule has 0 unspecified atom stereocenters. The second kappa shape index (κ2) is 6.64. The lowest BCUT2D eigenvalue weighted by Gasteiger charge is -2.22. The van der Waals surface area contributed by atoms with Gasteiger partial charge in [-0.05, 0) is 81.2 Å². The molecule has 2 aromatic rings. The third-order valence-electron chi connectivity index (χ3n) is 4.69. The van der Waals surface area contributed by atoms with Gasteiger partial charge in [0.15, 0.2) is 0 Å². The van der Waals surface area contributed by atoms with E-state index in [4.69, 9.17) is 4.99 Å². The quantitative estimate of drug-likeness (QED) is 0.597. The predicted molar refractivity (Wildman–Crippen MR) is 104 cm³/mol. The van der Waals surface area contributed by atoms with Crippen molar-refractivity contribution in [2.24, 2.45) is 4.99 Å². The predicted octanol–water partition coefficient (Wildman–Crippen LogP) is 6.36. The van der Waals surface area contributed by atoms with Gasteiger partial charge in [0.05, 0.1) is 5.54 Å². The van der Waals surface area contributed by atoms with Crippen molar-refractivity contribution in [3.05, 3.63) is 88.0 Å².